The first kappa shape index (κ1) is 26.6. The van der Waals surface area contributed by atoms with E-state index in [1.807, 2.05) is 0 Å². The van der Waals surface area contributed by atoms with Crippen molar-refractivity contribution in [2.24, 2.45) is 0 Å². The van der Waals surface area contributed by atoms with Gasteiger partial charge in [-0.15, -0.1) is 0 Å². The maximum atomic E-state index is 13.1. The summed E-state index contributed by atoms with van der Waals surface area (Å²) >= 11 is 0. The number of para-hydroxylation sites is 1. The van der Waals surface area contributed by atoms with Gasteiger partial charge in [0.1, 0.15) is 25.4 Å². The molecule has 2 aromatic carbocycles. The monoisotopic (exact) mass is 510 g/mol. The number of carboxylic acids is 1. The highest BCUT2D eigenvalue weighted by Gasteiger charge is 2.38. The Morgan fingerprint density at radius 2 is 1.83 bits per heavy atom. The third-order valence-electron chi connectivity index (χ3n) is 5.58. The van der Waals surface area contributed by atoms with Crippen LogP contribution in [0.5, 0.6) is 0 Å². The summed E-state index contributed by atoms with van der Waals surface area (Å²) in [5, 5.41) is 11.2. The Kier molecular flexibility index (Phi) is 8.28. The number of hydrogen-bond acceptors (Lipinski definition) is 5. The molecule has 1 unspecified atom stereocenters. The van der Waals surface area contributed by atoms with E-state index in [2.05, 4.69) is 5.32 Å². The molecule has 0 saturated heterocycles. The van der Waals surface area contributed by atoms with Crippen LogP contribution in [-0.4, -0.2) is 47.6 Å². The van der Waals surface area contributed by atoms with Crippen LogP contribution in [0.4, 0.5) is 28.0 Å². The fourth-order valence-corrected chi connectivity index (χ4v) is 3.85. The number of carbonyl (C=O) groups excluding carboxylic acids is 3. The van der Waals surface area contributed by atoms with E-state index in [1.165, 1.54) is 12.1 Å². The van der Waals surface area contributed by atoms with Gasteiger partial charge in [0.05, 0.1) is 17.7 Å². The summed E-state index contributed by atoms with van der Waals surface area (Å²) in [6.07, 6.45) is -6.04. The lowest BCUT2D eigenvalue weighted by Crippen LogP contribution is -2.55. The fourth-order valence-electron chi connectivity index (χ4n) is 3.85. The van der Waals surface area contributed by atoms with E-state index in [4.69, 9.17) is 9.84 Å². The highest BCUT2D eigenvalue weighted by molar-refractivity contribution is 6.01. The van der Waals surface area contributed by atoms with Crippen molar-refractivity contribution in [3.63, 3.8) is 0 Å². The molecule has 192 valence electrons. The Balaban J connectivity index is 1.83. The lowest BCUT2D eigenvalue weighted by atomic mass is 9.95. The predicted molar refractivity (Wildman–Crippen MR) is 118 cm³/mol. The minimum absolute atomic E-state index is 0.0690. The summed E-state index contributed by atoms with van der Waals surface area (Å²) in [6.45, 7) is -2.01. The molecule has 0 aliphatic carbocycles. The highest BCUT2D eigenvalue weighted by atomic mass is 19.4. The van der Waals surface area contributed by atoms with Crippen LogP contribution >= 0.6 is 0 Å². The maximum absolute atomic E-state index is 13.1. The molecule has 2 atom stereocenters. The zero-order valence-electron chi connectivity index (χ0n) is 18.8. The summed E-state index contributed by atoms with van der Waals surface area (Å²) in [5.41, 5.74) is 0.155. The second-order valence-corrected chi connectivity index (χ2v) is 8.06. The van der Waals surface area contributed by atoms with Crippen LogP contribution in [0.1, 0.15) is 29.5 Å². The van der Waals surface area contributed by atoms with E-state index < -0.39 is 67.3 Å². The number of ketones is 1. The number of alkyl halides is 4. The van der Waals surface area contributed by atoms with Gasteiger partial charge in [-0.1, -0.05) is 30.3 Å². The molecule has 0 aromatic heterocycles. The van der Waals surface area contributed by atoms with E-state index in [1.54, 1.807) is 24.3 Å². The molecule has 3 rings (SSSR count). The minimum atomic E-state index is -4.58. The lowest BCUT2D eigenvalue weighted by molar-refractivity contribution is -0.140. The Bertz CT molecular complexity index is 1150. The zero-order valence-corrected chi connectivity index (χ0v) is 18.8. The summed E-state index contributed by atoms with van der Waals surface area (Å²) in [4.78, 5) is 49.9. The zero-order chi connectivity index (χ0) is 26.5. The minimum Gasteiger partial charge on any atom is -0.481 e. The van der Waals surface area contributed by atoms with Crippen LogP contribution in [-0.2, 0) is 38.3 Å². The van der Waals surface area contributed by atoms with E-state index in [9.17, 15) is 36.7 Å². The topological polar surface area (TPSA) is 113 Å². The average molecular weight is 510 g/mol. The van der Waals surface area contributed by atoms with Gasteiger partial charge in [-0.05, 0) is 42.2 Å². The smallest absolute Gasteiger partial charge is 0.416 e. The van der Waals surface area contributed by atoms with E-state index in [0.717, 1.165) is 17.0 Å². The number of rotatable bonds is 8. The number of benzene rings is 2. The highest BCUT2D eigenvalue weighted by Crippen LogP contribution is 2.32. The molecule has 0 spiro atoms. The molecule has 12 heteroatoms. The average Bonchev–Trinajstić information content (AvgIpc) is 2.85. The largest absolute Gasteiger partial charge is 0.481 e. The summed E-state index contributed by atoms with van der Waals surface area (Å²) in [7, 11) is 0. The third-order valence-corrected chi connectivity index (χ3v) is 5.58. The van der Waals surface area contributed by atoms with Crippen LogP contribution in [0.3, 0.4) is 0 Å². The number of ether oxygens (including phenoxy) is 1. The molecule has 8 nitrogen and oxygen atoms in total. The molecule has 0 bridgehead atoms. The molecule has 0 radical (unpaired) electrons. The number of carbonyl (C=O) groups is 4. The number of fused-ring (bicyclic) bond motifs is 1. The van der Waals surface area contributed by atoms with Crippen molar-refractivity contribution >= 4 is 29.4 Å². The molecule has 0 fully saturated rings. The molecule has 2 aromatic rings. The fraction of sp³-hybridized carbons (Fsp3) is 0.333. The van der Waals surface area contributed by atoms with Gasteiger partial charge < -0.3 is 15.2 Å². The van der Waals surface area contributed by atoms with Crippen LogP contribution < -0.4 is 10.2 Å². The number of amides is 2. The van der Waals surface area contributed by atoms with Gasteiger partial charge in [-0.2, -0.15) is 13.2 Å². The number of hydrogen-bond donors (Lipinski definition) is 2. The Labute approximate surface area is 202 Å². The van der Waals surface area contributed by atoms with Gasteiger partial charge in [0.25, 0.3) is 0 Å². The predicted octanol–water partition coefficient (Wildman–Crippen LogP) is 3.66. The SMILES string of the molecule is O=C(O)CC(NC(=O)[C@@H]1CCc2ccccc2N1C(=O)OCc1cccc(C(F)(F)F)c1)C(=O)CF. The molecule has 2 amide bonds. The van der Waals surface area contributed by atoms with Crippen molar-refractivity contribution in [3.8, 4) is 0 Å². The van der Waals surface area contributed by atoms with E-state index >= 15 is 0 Å². The molecular weight excluding hydrogens is 488 g/mol. The Hall–Kier alpha value is -3.96. The number of Topliss-reactive ketones (excluding diaryl/α,β-unsaturated/α-hetero) is 1. The van der Waals surface area contributed by atoms with Gasteiger partial charge in [-0.25, -0.2) is 9.18 Å². The summed E-state index contributed by atoms with van der Waals surface area (Å²) < 4.78 is 57.1. The normalized spacial score (nSPS) is 16.0. The molecule has 1 heterocycles. The maximum Gasteiger partial charge on any atom is 0.416 e. The van der Waals surface area contributed by atoms with Crippen LogP contribution in [0.25, 0.3) is 0 Å². The first-order chi connectivity index (χ1) is 17.0. The number of aryl methyl sites for hydroxylation is 1. The van der Waals surface area contributed by atoms with Crippen molar-refractivity contribution in [1.82, 2.24) is 5.32 Å². The first-order valence-electron chi connectivity index (χ1n) is 10.8. The second kappa shape index (κ2) is 11.2. The first-order valence-corrected chi connectivity index (χ1v) is 10.8. The molecule has 2 N–H and O–H groups in total. The summed E-state index contributed by atoms with van der Waals surface area (Å²) in [6, 6.07) is 7.93. The van der Waals surface area contributed by atoms with Gasteiger partial charge in [-0.3, -0.25) is 19.3 Å². The van der Waals surface area contributed by atoms with Crippen molar-refractivity contribution in [3.05, 3.63) is 65.2 Å². The molecule has 1 aliphatic heterocycles. The standard InChI is InChI=1S/C24H22F4N2O6/c25-12-20(31)17(11-21(32)33)29-22(34)19-9-8-15-5-1-2-7-18(15)30(19)23(35)36-13-14-4-3-6-16(10-14)24(26,27)28/h1-7,10,17,19H,8-9,11-13H2,(H,29,34)(H,32,33)/t17?,19-/m0/s1. The van der Waals surface area contributed by atoms with Gasteiger partial charge >= 0.3 is 18.2 Å². The van der Waals surface area contributed by atoms with Crippen LogP contribution in [0.2, 0.25) is 0 Å². The van der Waals surface area contributed by atoms with Gasteiger partial charge in [0.2, 0.25) is 5.91 Å². The molecule has 0 saturated carbocycles. The van der Waals surface area contributed by atoms with Crippen molar-refractivity contribution in [2.45, 2.75) is 44.1 Å². The van der Waals surface area contributed by atoms with Gasteiger partial charge in [0.15, 0.2) is 5.78 Å². The number of anilines is 1. The number of nitrogens with zero attached hydrogens (tertiary/aromatic N) is 1. The number of aliphatic carboxylic acids is 1. The quantitative estimate of drug-likeness (QED) is 0.524. The van der Waals surface area contributed by atoms with Crippen molar-refractivity contribution in [1.29, 1.82) is 0 Å². The number of carboxylic acid groups (broad SMARTS) is 1. The van der Waals surface area contributed by atoms with Crippen molar-refractivity contribution < 1.29 is 46.6 Å². The van der Waals surface area contributed by atoms with Gasteiger partial charge in [0, 0.05) is 0 Å². The van der Waals surface area contributed by atoms with Crippen LogP contribution in [0, 0.1) is 0 Å². The molecule has 36 heavy (non-hydrogen) atoms. The second-order valence-electron chi connectivity index (χ2n) is 8.06. The van der Waals surface area contributed by atoms with Crippen molar-refractivity contribution in [2.75, 3.05) is 11.6 Å². The van der Waals surface area contributed by atoms with E-state index in [-0.39, 0.29) is 12.0 Å². The molecular formula is C24H22F4N2O6. The molecule has 1 aliphatic rings. The third kappa shape index (κ3) is 6.37. The number of nitrogens with one attached hydrogen (secondary N) is 1. The Morgan fingerprint density at radius 3 is 2.50 bits per heavy atom. The summed E-state index contributed by atoms with van der Waals surface area (Å²) in [5.74, 6) is -3.47. The lowest BCUT2D eigenvalue weighted by Gasteiger charge is -2.36. The Morgan fingerprint density at radius 1 is 1.11 bits per heavy atom. The van der Waals surface area contributed by atoms with Crippen LogP contribution in [0.15, 0.2) is 48.5 Å². The van der Waals surface area contributed by atoms with E-state index in [0.29, 0.717) is 17.7 Å². The number of halogens is 4.